The third-order valence-electron chi connectivity index (χ3n) is 2.14. The van der Waals surface area contributed by atoms with Gasteiger partial charge in [0, 0.05) is 11.8 Å². The topological polar surface area (TPSA) is 33.6 Å². The molecule has 0 aromatic carbocycles. The second kappa shape index (κ2) is 10.2. The van der Waals surface area contributed by atoms with Crippen molar-refractivity contribution >= 4 is 35.1 Å². The molecule has 3 nitrogen and oxygen atoms in total. The van der Waals surface area contributed by atoms with E-state index in [2.05, 4.69) is 44.7 Å². The molecule has 1 N–H and O–H groups in total. The van der Waals surface area contributed by atoms with Crippen LogP contribution in [0.5, 0.6) is 0 Å². The molecule has 0 saturated carbocycles. The number of aliphatic imine (C=N–C) groups is 1. The van der Waals surface area contributed by atoms with Crippen molar-refractivity contribution < 1.29 is 4.52 Å². The van der Waals surface area contributed by atoms with E-state index in [4.69, 9.17) is 16.3 Å². The first-order valence-electron chi connectivity index (χ1n) is 6.62. The van der Waals surface area contributed by atoms with E-state index < -0.39 is 5.62 Å². The summed E-state index contributed by atoms with van der Waals surface area (Å²) in [7, 11) is 0. The fourth-order valence-corrected chi connectivity index (χ4v) is 6.75. The van der Waals surface area contributed by atoms with Crippen LogP contribution in [-0.2, 0) is 16.3 Å². The Bertz CT molecular complexity index is 285. The van der Waals surface area contributed by atoms with Crippen LogP contribution in [0.2, 0.25) is 0 Å². The Balaban J connectivity index is 4.37. The lowest BCUT2D eigenvalue weighted by molar-refractivity contribution is 0.356. The largest absolute Gasteiger partial charge is 0.326 e. The number of nitrogens with one attached hydrogen (secondary N) is 1. The van der Waals surface area contributed by atoms with Gasteiger partial charge in [-0.2, -0.15) is 0 Å². The molecule has 6 heteroatoms. The van der Waals surface area contributed by atoms with Crippen molar-refractivity contribution in [2.75, 3.05) is 13.2 Å². The van der Waals surface area contributed by atoms with Gasteiger partial charge in [-0.15, -0.1) is 0 Å². The van der Waals surface area contributed by atoms with Crippen LogP contribution in [0.25, 0.3) is 0 Å². The number of rotatable bonds is 10. The molecule has 0 heterocycles. The Kier molecular flexibility index (Phi) is 10.5. The lowest BCUT2D eigenvalue weighted by Crippen LogP contribution is -2.11. The molecule has 0 aromatic heterocycles. The zero-order chi connectivity index (χ0) is 14.0. The van der Waals surface area contributed by atoms with Crippen LogP contribution >= 0.6 is 17.0 Å². The molecule has 0 amide bonds. The van der Waals surface area contributed by atoms with Gasteiger partial charge in [-0.25, -0.2) is 0 Å². The van der Waals surface area contributed by atoms with Gasteiger partial charge in [-0.05, 0) is 30.6 Å². The molecule has 0 spiro atoms. The van der Waals surface area contributed by atoms with Gasteiger partial charge in [0.15, 0.2) is 0 Å². The van der Waals surface area contributed by atoms with Crippen LogP contribution < -0.4 is 5.09 Å². The minimum atomic E-state index is -2.02. The maximum Gasteiger partial charge on any atom is 0.211 e. The summed E-state index contributed by atoms with van der Waals surface area (Å²) in [6, 6.07) is 0. The van der Waals surface area contributed by atoms with Crippen LogP contribution in [0.15, 0.2) is 4.99 Å². The summed E-state index contributed by atoms with van der Waals surface area (Å²) >= 11 is 7.39. The summed E-state index contributed by atoms with van der Waals surface area (Å²) in [5.41, 5.74) is -2.02. The molecule has 18 heavy (non-hydrogen) atoms. The van der Waals surface area contributed by atoms with Gasteiger partial charge in [0.05, 0.1) is 12.9 Å². The average molecular weight is 310 g/mol. The first-order chi connectivity index (χ1) is 8.43. The second-order valence-corrected chi connectivity index (χ2v) is 11.6. The van der Waals surface area contributed by atoms with Crippen molar-refractivity contribution in [3.8, 4) is 0 Å². The monoisotopic (exact) mass is 310 g/mol. The van der Waals surface area contributed by atoms with Crippen LogP contribution in [0, 0.1) is 5.92 Å². The molecule has 0 aliphatic carbocycles. The zero-order valence-corrected chi connectivity index (χ0v) is 14.7. The molecule has 0 radical (unpaired) electrons. The lowest BCUT2D eigenvalue weighted by Gasteiger charge is -2.23. The summed E-state index contributed by atoms with van der Waals surface area (Å²) < 4.78 is 5.84. The van der Waals surface area contributed by atoms with Gasteiger partial charge in [0.25, 0.3) is 0 Å². The van der Waals surface area contributed by atoms with Crippen LogP contribution in [0.3, 0.4) is 0 Å². The molecule has 0 fully saturated rings. The van der Waals surface area contributed by atoms with Gasteiger partial charge in [-0.3, -0.25) is 4.99 Å². The van der Waals surface area contributed by atoms with Gasteiger partial charge in [0.1, 0.15) is 0 Å². The fraction of sp³-hybridized carbons (Fsp3) is 0.917. The van der Waals surface area contributed by atoms with E-state index in [0.29, 0.717) is 17.8 Å². The van der Waals surface area contributed by atoms with Crippen molar-refractivity contribution in [1.82, 2.24) is 5.09 Å². The lowest BCUT2D eigenvalue weighted by atomic mass is 10.2. The SMILES string of the molecule is CCCOP(=S)(NC=NCC(C)C)SC(C)CC. The Morgan fingerprint density at radius 1 is 1.39 bits per heavy atom. The molecular weight excluding hydrogens is 283 g/mol. The number of nitrogens with zero attached hydrogens (tertiary/aromatic N) is 1. The van der Waals surface area contributed by atoms with Crippen LogP contribution in [0.4, 0.5) is 0 Å². The number of hydrogen-bond donors (Lipinski definition) is 1. The summed E-state index contributed by atoms with van der Waals surface area (Å²) in [6.45, 7) is 12.3. The van der Waals surface area contributed by atoms with E-state index in [1.54, 1.807) is 17.7 Å². The predicted molar refractivity (Wildman–Crippen MR) is 89.2 cm³/mol. The summed E-state index contributed by atoms with van der Waals surface area (Å²) in [5, 5.41) is 3.74. The maximum atomic E-state index is 5.84. The number of hydrogen-bond acceptors (Lipinski definition) is 4. The molecule has 0 bridgehead atoms. The van der Waals surface area contributed by atoms with Crippen molar-refractivity contribution in [3.05, 3.63) is 0 Å². The fourth-order valence-electron chi connectivity index (χ4n) is 0.996. The highest BCUT2D eigenvalue weighted by atomic mass is 32.9. The smallest absolute Gasteiger partial charge is 0.211 e. The second-order valence-electron chi connectivity index (χ2n) is 4.67. The molecule has 2 unspecified atom stereocenters. The summed E-state index contributed by atoms with van der Waals surface area (Å²) in [5.74, 6) is 0.569. The zero-order valence-electron chi connectivity index (χ0n) is 12.2. The average Bonchev–Trinajstić information content (AvgIpc) is 2.32. The standard InChI is InChI=1S/C12H27N2OPS2/c1-6-8-15-16(17,18-12(5)7-2)14-10-13-9-11(3)4/h10-12H,6-9H2,1-5H3,(H,13,14,17). The van der Waals surface area contributed by atoms with E-state index in [1.165, 1.54) is 0 Å². The molecule has 0 aliphatic heterocycles. The molecule has 0 aliphatic rings. The minimum absolute atomic E-state index is 0.513. The van der Waals surface area contributed by atoms with E-state index in [9.17, 15) is 0 Å². The molecule has 2 atom stereocenters. The molecule has 0 rings (SSSR count). The third-order valence-corrected chi connectivity index (χ3v) is 8.01. The van der Waals surface area contributed by atoms with Crippen LogP contribution in [0.1, 0.15) is 47.5 Å². The molecular formula is C12H27N2OPS2. The van der Waals surface area contributed by atoms with Crippen molar-refractivity contribution in [2.45, 2.75) is 52.7 Å². The molecule has 0 aromatic rings. The normalized spacial score (nSPS) is 17.0. The first kappa shape index (κ1) is 18.4. The van der Waals surface area contributed by atoms with E-state index in [1.807, 2.05) is 0 Å². The van der Waals surface area contributed by atoms with Gasteiger partial charge >= 0.3 is 0 Å². The van der Waals surface area contributed by atoms with E-state index >= 15 is 0 Å². The summed E-state index contributed by atoms with van der Waals surface area (Å²) in [6.07, 6.45) is 3.83. The van der Waals surface area contributed by atoms with Crippen LogP contribution in [-0.4, -0.2) is 24.7 Å². The molecule has 108 valence electrons. The van der Waals surface area contributed by atoms with Gasteiger partial charge in [-0.1, -0.05) is 46.0 Å². The Morgan fingerprint density at radius 2 is 2.06 bits per heavy atom. The highest BCUT2D eigenvalue weighted by Crippen LogP contribution is 2.58. The Labute approximate surface area is 121 Å². The van der Waals surface area contributed by atoms with Crippen molar-refractivity contribution in [3.63, 3.8) is 0 Å². The Morgan fingerprint density at radius 3 is 2.56 bits per heavy atom. The minimum Gasteiger partial charge on any atom is -0.326 e. The summed E-state index contributed by atoms with van der Waals surface area (Å²) in [4.78, 5) is 4.33. The maximum absolute atomic E-state index is 5.84. The first-order valence-corrected chi connectivity index (χ1v) is 10.8. The van der Waals surface area contributed by atoms with Gasteiger partial charge < -0.3 is 9.61 Å². The van der Waals surface area contributed by atoms with Gasteiger partial charge in [0.2, 0.25) is 5.62 Å². The van der Waals surface area contributed by atoms with Crippen molar-refractivity contribution in [1.29, 1.82) is 0 Å². The highest BCUT2D eigenvalue weighted by molar-refractivity contribution is 8.69. The highest BCUT2D eigenvalue weighted by Gasteiger charge is 2.20. The predicted octanol–water partition coefficient (Wildman–Crippen LogP) is 4.44. The van der Waals surface area contributed by atoms with E-state index in [-0.39, 0.29) is 0 Å². The Hall–Kier alpha value is 0.430. The van der Waals surface area contributed by atoms with E-state index in [0.717, 1.165) is 19.4 Å². The third kappa shape index (κ3) is 9.37. The quantitative estimate of drug-likeness (QED) is 0.367. The van der Waals surface area contributed by atoms with Crippen molar-refractivity contribution in [2.24, 2.45) is 10.9 Å². The molecule has 0 saturated heterocycles.